The average Bonchev–Trinajstić information content (AvgIpc) is 3.27. The van der Waals surface area contributed by atoms with Gasteiger partial charge in [0.05, 0.1) is 17.3 Å². The summed E-state index contributed by atoms with van der Waals surface area (Å²) in [5.74, 6) is 3.06. The van der Waals surface area contributed by atoms with Gasteiger partial charge in [0.25, 0.3) is 0 Å². The smallest absolute Gasteiger partial charge is 0.138 e. The molecule has 2 unspecified atom stereocenters. The van der Waals surface area contributed by atoms with E-state index in [1.165, 1.54) is 38.5 Å². The van der Waals surface area contributed by atoms with Crippen LogP contribution in [0, 0.1) is 45.3 Å². The molecule has 5 aliphatic rings. The maximum Gasteiger partial charge on any atom is 0.138 e. The van der Waals surface area contributed by atoms with E-state index < -0.39 is 5.60 Å². The van der Waals surface area contributed by atoms with Crippen LogP contribution in [-0.4, -0.2) is 28.2 Å². The fraction of sp³-hybridized carbons (Fsp3) is 0.967. The maximum absolute atomic E-state index is 12.9. The Balaban J connectivity index is 1.45. The Morgan fingerprint density at radius 2 is 1.45 bits per heavy atom. The summed E-state index contributed by atoms with van der Waals surface area (Å²) in [5.41, 5.74) is -0.0493. The van der Waals surface area contributed by atoms with Crippen LogP contribution < -0.4 is 0 Å². The van der Waals surface area contributed by atoms with Crippen molar-refractivity contribution in [3.63, 3.8) is 0 Å². The van der Waals surface area contributed by atoms with Crippen LogP contribution in [0.1, 0.15) is 120 Å². The highest BCUT2D eigenvalue weighted by Gasteiger charge is 2.70. The maximum atomic E-state index is 12.9. The number of ether oxygens (including phenoxy) is 1. The molecule has 33 heavy (non-hydrogen) atoms. The first-order chi connectivity index (χ1) is 15.1. The van der Waals surface area contributed by atoms with Crippen molar-refractivity contribution in [1.82, 2.24) is 0 Å². The van der Waals surface area contributed by atoms with Gasteiger partial charge in [-0.2, -0.15) is 0 Å². The molecule has 0 bridgehead atoms. The van der Waals surface area contributed by atoms with E-state index in [2.05, 4.69) is 41.5 Å². The van der Waals surface area contributed by atoms with Gasteiger partial charge >= 0.3 is 0 Å². The number of hydrogen-bond donors (Lipinski definition) is 1. The molecule has 1 N–H and O–H groups in total. The van der Waals surface area contributed by atoms with E-state index in [0.29, 0.717) is 34.4 Å². The van der Waals surface area contributed by atoms with Crippen LogP contribution in [-0.2, 0) is 9.53 Å². The lowest BCUT2D eigenvalue weighted by Gasteiger charge is -2.69. The molecular weight excluding hydrogens is 408 g/mol. The van der Waals surface area contributed by atoms with E-state index >= 15 is 0 Å². The number of fused-ring (bicyclic) bond motifs is 5. The summed E-state index contributed by atoms with van der Waals surface area (Å²) in [5, 5.41) is 10.6. The second-order valence-corrected chi connectivity index (χ2v) is 15.1. The van der Waals surface area contributed by atoms with Gasteiger partial charge in [0, 0.05) is 11.8 Å². The van der Waals surface area contributed by atoms with E-state index in [-0.39, 0.29) is 22.5 Å². The van der Waals surface area contributed by atoms with Crippen molar-refractivity contribution in [1.29, 1.82) is 0 Å². The highest BCUT2D eigenvalue weighted by molar-refractivity contribution is 5.85. The highest BCUT2D eigenvalue weighted by Crippen LogP contribution is 2.75. The number of Topliss-reactive ketones (excluding diaryl/α,β-unsaturated/α-hetero) is 1. The predicted octanol–water partition coefficient (Wildman–Crippen LogP) is 6.95. The molecule has 3 nitrogen and oxygen atoms in total. The Kier molecular flexibility index (Phi) is 5.22. The molecule has 4 saturated carbocycles. The van der Waals surface area contributed by atoms with Gasteiger partial charge in [-0.3, -0.25) is 4.79 Å². The average molecular weight is 459 g/mol. The molecule has 0 aromatic heterocycles. The summed E-state index contributed by atoms with van der Waals surface area (Å²) >= 11 is 0. The molecule has 0 spiro atoms. The Hall–Kier alpha value is -0.410. The fourth-order valence-electron chi connectivity index (χ4n) is 10.9. The van der Waals surface area contributed by atoms with Crippen LogP contribution in [0.3, 0.4) is 0 Å². The number of ketones is 1. The van der Waals surface area contributed by atoms with Crippen molar-refractivity contribution in [3.05, 3.63) is 0 Å². The lowest BCUT2D eigenvalue weighted by molar-refractivity contribution is -0.210. The quantitative estimate of drug-likeness (QED) is 0.487. The molecule has 1 aliphatic heterocycles. The second kappa shape index (κ2) is 7.09. The van der Waals surface area contributed by atoms with E-state index in [1.54, 1.807) is 0 Å². The fourth-order valence-corrected chi connectivity index (χ4v) is 10.9. The van der Waals surface area contributed by atoms with Crippen molar-refractivity contribution in [2.75, 3.05) is 0 Å². The van der Waals surface area contributed by atoms with Gasteiger partial charge in [-0.05, 0) is 118 Å². The Morgan fingerprint density at radius 1 is 0.788 bits per heavy atom. The normalized spacial score (nSPS) is 54.0. The lowest BCUT2D eigenvalue weighted by Crippen LogP contribution is -2.63. The third kappa shape index (κ3) is 3.09. The van der Waals surface area contributed by atoms with Gasteiger partial charge in [0.1, 0.15) is 5.78 Å². The van der Waals surface area contributed by atoms with Crippen molar-refractivity contribution >= 4 is 5.78 Å². The molecule has 188 valence electrons. The summed E-state index contributed by atoms with van der Waals surface area (Å²) in [6.45, 7) is 18.5. The monoisotopic (exact) mass is 458 g/mol. The van der Waals surface area contributed by atoms with Gasteiger partial charge in [0.2, 0.25) is 0 Å². The minimum atomic E-state index is -0.762. The number of carbonyl (C=O) groups is 1. The van der Waals surface area contributed by atoms with Gasteiger partial charge in [-0.25, -0.2) is 0 Å². The molecule has 0 aromatic rings. The van der Waals surface area contributed by atoms with Crippen molar-refractivity contribution in [2.24, 2.45) is 45.3 Å². The van der Waals surface area contributed by atoms with Gasteiger partial charge in [-0.15, -0.1) is 0 Å². The first-order valence-electron chi connectivity index (χ1n) is 14.0. The molecule has 3 heteroatoms. The summed E-state index contributed by atoms with van der Waals surface area (Å²) in [7, 11) is 0. The minimum absolute atomic E-state index is 0.0439. The number of aliphatic hydroxyl groups is 1. The molecule has 5 fully saturated rings. The van der Waals surface area contributed by atoms with Crippen LogP contribution in [0.5, 0.6) is 0 Å². The zero-order chi connectivity index (χ0) is 24.2. The third-order valence-corrected chi connectivity index (χ3v) is 13.0. The third-order valence-electron chi connectivity index (χ3n) is 13.0. The first-order valence-corrected chi connectivity index (χ1v) is 14.0. The summed E-state index contributed by atoms with van der Waals surface area (Å²) < 4.78 is 6.72. The van der Waals surface area contributed by atoms with Crippen LogP contribution in [0.25, 0.3) is 0 Å². The Labute approximate surface area is 202 Å². The SMILES string of the molecule is CC1(C)C(=O)CC[C@@]2(C)C1CC[C@]1(C)C2CC[C@@H]2[C@@H]([C@@]3(C)CC[C@@H](C(C)(C)O)O3)CC[C@]21C. The van der Waals surface area contributed by atoms with Crippen LogP contribution in [0.4, 0.5) is 0 Å². The summed E-state index contributed by atoms with van der Waals surface area (Å²) in [6.07, 6.45) is 11.6. The van der Waals surface area contributed by atoms with Crippen LogP contribution in [0.15, 0.2) is 0 Å². The topological polar surface area (TPSA) is 46.5 Å². The highest BCUT2D eigenvalue weighted by atomic mass is 16.5. The molecule has 4 aliphatic carbocycles. The number of carbonyl (C=O) groups excluding carboxylic acids is 1. The van der Waals surface area contributed by atoms with E-state index in [9.17, 15) is 9.90 Å². The van der Waals surface area contributed by atoms with Gasteiger partial charge < -0.3 is 9.84 Å². The standard InChI is InChI=1S/C30H50O3/c1-25(2)21-12-17-29(7)22(27(21,5)15-13-23(25)31)10-9-19-20(11-16-28(19,29)6)30(8)18-14-24(33-30)26(3,4)32/h19-22,24,32H,9-18H2,1-8H3/t19-,20+,21?,22?,24+,27+,28-,29-,30-/m1/s1. The minimum Gasteiger partial charge on any atom is -0.388 e. The molecule has 1 saturated heterocycles. The lowest BCUT2D eigenvalue weighted by atomic mass is 9.35. The van der Waals surface area contributed by atoms with Crippen LogP contribution in [0.2, 0.25) is 0 Å². The van der Waals surface area contributed by atoms with E-state index in [0.717, 1.165) is 31.6 Å². The van der Waals surface area contributed by atoms with Crippen LogP contribution >= 0.6 is 0 Å². The molecular formula is C30H50O3. The number of hydrogen-bond acceptors (Lipinski definition) is 3. The molecule has 0 aromatic carbocycles. The van der Waals surface area contributed by atoms with Crippen molar-refractivity contribution < 1.29 is 14.6 Å². The summed E-state index contributed by atoms with van der Waals surface area (Å²) in [6, 6.07) is 0. The predicted molar refractivity (Wildman–Crippen MR) is 133 cm³/mol. The van der Waals surface area contributed by atoms with Crippen molar-refractivity contribution in [3.8, 4) is 0 Å². The molecule has 0 radical (unpaired) electrons. The van der Waals surface area contributed by atoms with Gasteiger partial charge in [0.15, 0.2) is 0 Å². The molecule has 0 amide bonds. The summed E-state index contributed by atoms with van der Waals surface area (Å²) in [4.78, 5) is 12.9. The first kappa shape index (κ1) is 24.3. The number of rotatable bonds is 2. The van der Waals surface area contributed by atoms with Gasteiger partial charge in [-0.1, -0.05) is 34.6 Å². The zero-order valence-electron chi connectivity index (χ0n) is 22.7. The Morgan fingerprint density at radius 3 is 2.09 bits per heavy atom. The zero-order valence-corrected chi connectivity index (χ0v) is 22.7. The van der Waals surface area contributed by atoms with E-state index in [1.807, 2.05) is 13.8 Å². The second-order valence-electron chi connectivity index (χ2n) is 15.1. The van der Waals surface area contributed by atoms with E-state index in [4.69, 9.17) is 4.74 Å². The largest absolute Gasteiger partial charge is 0.388 e. The molecule has 9 atom stereocenters. The van der Waals surface area contributed by atoms with Crippen molar-refractivity contribution in [2.45, 2.75) is 137 Å². The Bertz CT molecular complexity index is 825. The molecule has 1 heterocycles. The molecule has 5 rings (SSSR count).